The first kappa shape index (κ1) is 35.5. The summed E-state index contributed by atoms with van der Waals surface area (Å²) < 4.78 is 31.4. The quantitative estimate of drug-likeness (QED) is 0.102. The van der Waals surface area contributed by atoms with Gasteiger partial charge in [-0.05, 0) is 18.2 Å². The fourth-order valence-corrected chi connectivity index (χ4v) is 5.60. The van der Waals surface area contributed by atoms with Crippen LogP contribution in [0.3, 0.4) is 0 Å². The Labute approximate surface area is 263 Å². The lowest BCUT2D eigenvalue weighted by atomic mass is 10.1. The third-order valence-corrected chi connectivity index (χ3v) is 8.23. The summed E-state index contributed by atoms with van der Waals surface area (Å²) in [4.78, 5) is 76.7. The molecule has 248 valence electrons. The number of nitrogens with zero attached hydrogens (tertiary/aromatic N) is 2. The number of aromatic nitrogens is 1. The first-order chi connectivity index (χ1) is 21.9. The summed E-state index contributed by atoms with van der Waals surface area (Å²) in [5.41, 5.74) is 0.972. The fourth-order valence-electron chi connectivity index (χ4n) is 4.38. The molecule has 0 saturated carbocycles. The zero-order valence-electron chi connectivity index (χ0n) is 24.5. The number of benzene rings is 1. The van der Waals surface area contributed by atoms with Crippen molar-refractivity contribution in [3.8, 4) is 0 Å². The Balaban J connectivity index is 1.72. The summed E-state index contributed by atoms with van der Waals surface area (Å²) >= 11 is 0. The zero-order chi connectivity index (χ0) is 33.7. The maximum atomic E-state index is 13.2. The number of carbonyl (C=O) groups is 6. The number of fused-ring (bicyclic) bond motifs is 1. The van der Waals surface area contributed by atoms with Crippen LogP contribution in [0.2, 0.25) is 0 Å². The molecule has 1 aliphatic rings. The molecule has 18 heteroatoms. The van der Waals surface area contributed by atoms with Gasteiger partial charge in [0.25, 0.3) is 0 Å². The number of nitrogens with one attached hydrogen (secondary N) is 4. The number of sulfonamides is 1. The maximum Gasteiger partial charge on any atom is 0.305 e. The summed E-state index contributed by atoms with van der Waals surface area (Å²) in [6.45, 7) is -0.0587. The molecule has 46 heavy (non-hydrogen) atoms. The van der Waals surface area contributed by atoms with Crippen molar-refractivity contribution in [3.63, 3.8) is 0 Å². The Kier molecular flexibility index (Phi) is 13.1. The molecule has 0 bridgehead atoms. The van der Waals surface area contributed by atoms with E-state index in [-0.39, 0.29) is 39.1 Å². The highest BCUT2D eigenvalue weighted by molar-refractivity contribution is 7.92. The van der Waals surface area contributed by atoms with Crippen molar-refractivity contribution in [2.45, 2.75) is 37.4 Å². The van der Waals surface area contributed by atoms with Gasteiger partial charge in [-0.2, -0.15) is 4.31 Å². The largest absolute Gasteiger partial charge is 0.481 e. The van der Waals surface area contributed by atoms with E-state index < -0.39 is 77.2 Å². The van der Waals surface area contributed by atoms with E-state index in [2.05, 4.69) is 26.3 Å². The van der Waals surface area contributed by atoms with Gasteiger partial charge in [-0.3, -0.25) is 33.8 Å². The molecule has 6 N–H and O–H groups in total. The number of rotatable bonds is 17. The average molecular weight is 663 g/mol. The van der Waals surface area contributed by atoms with Gasteiger partial charge in [0, 0.05) is 36.0 Å². The van der Waals surface area contributed by atoms with E-state index in [1.165, 1.54) is 0 Å². The maximum absolute atomic E-state index is 13.2. The molecule has 1 fully saturated rings. The lowest BCUT2D eigenvalue weighted by molar-refractivity contribution is -0.140. The SMILES string of the molecule is O=CN[C@@H](CC(=O)O)C(=O)NC(Cc1ccc2ccccc2n1)C(=O)NCC(=O)NC(/C=C/S(=O)(=O)N1CCOCC1)CC(=O)O. The van der Waals surface area contributed by atoms with Crippen LogP contribution >= 0.6 is 0 Å². The van der Waals surface area contributed by atoms with Crippen molar-refractivity contribution in [1.82, 2.24) is 30.6 Å². The van der Waals surface area contributed by atoms with E-state index in [1.807, 2.05) is 12.1 Å². The van der Waals surface area contributed by atoms with Crippen LogP contribution < -0.4 is 21.3 Å². The van der Waals surface area contributed by atoms with Gasteiger partial charge in [-0.25, -0.2) is 8.42 Å². The van der Waals surface area contributed by atoms with Crippen LogP contribution in [0, 0.1) is 0 Å². The first-order valence-electron chi connectivity index (χ1n) is 14.0. The van der Waals surface area contributed by atoms with Crippen LogP contribution in [0.1, 0.15) is 18.5 Å². The van der Waals surface area contributed by atoms with Gasteiger partial charge in [-0.15, -0.1) is 0 Å². The molecule has 2 heterocycles. The number of carboxylic acids is 2. The Bertz CT molecular complexity index is 1580. The van der Waals surface area contributed by atoms with Gasteiger partial charge in [0.1, 0.15) is 12.1 Å². The number of aliphatic carboxylic acids is 2. The van der Waals surface area contributed by atoms with Crippen molar-refractivity contribution >= 4 is 57.0 Å². The van der Waals surface area contributed by atoms with Crippen molar-refractivity contribution in [2.75, 3.05) is 32.8 Å². The number of carboxylic acid groups (broad SMARTS) is 2. The van der Waals surface area contributed by atoms with E-state index in [9.17, 15) is 42.3 Å². The number of hydrogen-bond donors (Lipinski definition) is 6. The molecule has 0 radical (unpaired) electrons. The molecule has 2 aromatic rings. The molecule has 0 spiro atoms. The van der Waals surface area contributed by atoms with Gasteiger partial charge < -0.3 is 36.2 Å². The average Bonchev–Trinajstić information content (AvgIpc) is 3.02. The second-order valence-electron chi connectivity index (χ2n) is 10.1. The highest BCUT2D eigenvalue weighted by Crippen LogP contribution is 2.13. The Morgan fingerprint density at radius 3 is 2.30 bits per heavy atom. The molecule has 4 amide bonds. The summed E-state index contributed by atoms with van der Waals surface area (Å²) in [5.74, 6) is -5.43. The van der Waals surface area contributed by atoms with E-state index >= 15 is 0 Å². The first-order valence-corrected chi connectivity index (χ1v) is 15.5. The van der Waals surface area contributed by atoms with E-state index in [1.54, 1.807) is 24.3 Å². The fraction of sp³-hybridized carbons (Fsp3) is 0.393. The zero-order valence-corrected chi connectivity index (χ0v) is 25.3. The minimum atomic E-state index is -3.91. The summed E-state index contributed by atoms with van der Waals surface area (Å²) in [6, 6.07) is 6.37. The Morgan fingerprint density at radius 2 is 1.63 bits per heavy atom. The summed E-state index contributed by atoms with van der Waals surface area (Å²) in [6.07, 6.45) is -0.443. The molecule has 1 saturated heterocycles. The van der Waals surface area contributed by atoms with Gasteiger partial charge >= 0.3 is 11.9 Å². The van der Waals surface area contributed by atoms with Crippen LogP contribution in [0.25, 0.3) is 10.9 Å². The number of para-hydroxylation sites is 1. The van der Waals surface area contributed by atoms with E-state index in [4.69, 9.17) is 9.84 Å². The highest BCUT2D eigenvalue weighted by Gasteiger charge is 2.28. The van der Waals surface area contributed by atoms with Gasteiger partial charge in [0.2, 0.25) is 34.2 Å². The molecule has 0 aliphatic carbocycles. The number of pyridine rings is 1. The van der Waals surface area contributed by atoms with Crippen LogP contribution in [-0.2, 0) is 49.9 Å². The van der Waals surface area contributed by atoms with Crippen molar-refractivity contribution in [3.05, 3.63) is 53.6 Å². The number of ether oxygens (including phenoxy) is 1. The predicted octanol–water partition coefficient (Wildman–Crippen LogP) is -1.90. The number of hydrogen-bond acceptors (Lipinski definition) is 10. The lowest BCUT2D eigenvalue weighted by Crippen LogP contribution is -2.55. The summed E-state index contributed by atoms with van der Waals surface area (Å²) in [7, 11) is -3.91. The molecule has 3 rings (SSSR count). The molecule has 2 unspecified atom stereocenters. The molecule has 17 nitrogen and oxygen atoms in total. The minimum Gasteiger partial charge on any atom is -0.481 e. The van der Waals surface area contributed by atoms with E-state index in [0.717, 1.165) is 21.2 Å². The van der Waals surface area contributed by atoms with Gasteiger partial charge in [0.15, 0.2) is 0 Å². The molecule has 1 aromatic carbocycles. The lowest BCUT2D eigenvalue weighted by Gasteiger charge is -2.24. The van der Waals surface area contributed by atoms with Crippen molar-refractivity contribution in [1.29, 1.82) is 0 Å². The summed E-state index contributed by atoms with van der Waals surface area (Å²) in [5, 5.41) is 29.1. The molecule has 1 aliphatic heterocycles. The number of carbonyl (C=O) groups excluding carboxylic acids is 4. The third-order valence-electron chi connectivity index (χ3n) is 6.64. The molecular weight excluding hydrogens is 628 g/mol. The van der Waals surface area contributed by atoms with Crippen LogP contribution in [0.5, 0.6) is 0 Å². The van der Waals surface area contributed by atoms with Gasteiger partial charge in [0.05, 0.1) is 44.2 Å². The van der Waals surface area contributed by atoms with Crippen LogP contribution in [-0.4, -0.2) is 115 Å². The smallest absolute Gasteiger partial charge is 0.305 e. The standard InChI is InChI=1S/C28H34N6O11S/c35-17-30-22(15-26(39)40)28(42)33-23(13-19-6-5-18-3-1-2-4-21(18)31-19)27(41)29-16-24(36)32-20(14-25(37)38)7-12-46(43,44)34-8-10-45-11-9-34/h1-7,12,17,20,22-23H,8-11,13-16H2,(H,29,41)(H,30,35)(H,32,36)(H,33,42)(H,37,38)(H,39,40)/b12-7+/t20?,22-,23?/m0/s1. The molecular formula is C28H34N6O11S. The van der Waals surface area contributed by atoms with Crippen LogP contribution in [0.15, 0.2) is 47.9 Å². The van der Waals surface area contributed by atoms with Crippen molar-refractivity contribution < 1.29 is 52.1 Å². The number of morpholine rings is 1. The second-order valence-corrected chi connectivity index (χ2v) is 11.9. The van der Waals surface area contributed by atoms with Gasteiger partial charge in [-0.1, -0.05) is 24.3 Å². The second kappa shape index (κ2) is 16.9. The van der Waals surface area contributed by atoms with Crippen LogP contribution in [0.4, 0.5) is 0 Å². The monoisotopic (exact) mass is 662 g/mol. The van der Waals surface area contributed by atoms with E-state index in [0.29, 0.717) is 11.2 Å². The Morgan fingerprint density at radius 1 is 0.935 bits per heavy atom. The normalized spacial score (nSPS) is 15.7. The molecule has 1 aromatic heterocycles. The third kappa shape index (κ3) is 11.2. The highest BCUT2D eigenvalue weighted by atomic mass is 32.2. The van der Waals surface area contributed by atoms with Crippen molar-refractivity contribution in [2.24, 2.45) is 0 Å². The minimum absolute atomic E-state index is 0.114. The predicted molar refractivity (Wildman–Crippen MR) is 160 cm³/mol. The molecule has 3 atom stereocenters. The topological polar surface area (TPSA) is 250 Å². The Hall–Kier alpha value is -4.94. The number of amides is 4.